The summed E-state index contributed by atoms with van der Waals surface area (Å²) in [4.78, 5) is 15.1. The van der Waals surface area contributed by atoms with E-state index in [9.17, 15) is 4.79 Å². The average Bonchev–Trinajstić information content (AvgIpc) is 2.84. The molecule has 2 aromatic rings. The molecule has 3 nitrogen and oxygen atoms in total. The van der Waals surface area contributed by atoms with Crippen LogP contribution in [0, 0.1) is 20.8 Å². The highest BCUT2D eigenvalue weighted by atomic mass is 32.2. The molecule has 3 rings (SSSR count). The molecule has 25 heavy (non-hydrogen) atoms. The fourth-order valence-corrected chi connectivity index (χ4v) is 4.09. The van der Waals surface area contributed by atoms with Gasteiger partial charge in [0.1, 0.15) is 5.75 Å². The SMILES string of the molecule is COc1cc(/C=C2\SC(=S)N(c3ccc(C)cc3C)C2=O)ccc1C. The maximum absolute atomic E-state index is 12.9. The van der Waals surface area contributed by atoms with E-state index in [0.29, 0.717) is 9.23 Å². The van der Waals surface area contributed by atoms with Crippen LogP contribution in [-0.4, -0.2) is 17.3 Å². The van der Waals surface area contributed by atoms with Gasteiger partial charge in [-0.2, -0.15) is 0 Å². The van der Waals surface area contributed by atoms with Crippen LogP contribution in [0.15, 0.2) is 41.3 Å². The largest absolute Gasteiger partial charge is 0.496 e. The van der Waals surface area contributed by atoms with Crippen LogP contribution in [0.3, 0.4) is 0 Å². The molecule has 2 aromatic carbocycles. The van der Waals surface area contributed by atoms with Gasteiger partial charge in [0.2, 0.25) is 0 Å². The zero-order valence-corrected chi connectivity index (χ0v) is 16.3. The number of amides is 1. The van der Waals surface area contributed by atoms with Crippen molar-refractivity contribution in [2.75, 3.05) is 12.0 Å². The molecular weight excluding hydrogens is 350 g/mol. The number of rotatable bonds is 3. The van der Waals surface area contributed by atoms with Crippen LogP contribution in [-0.2, 0) is 4.79 Å². The van der Waals surface area contributed by atoms with Gasteiger partial charge >= 0.3 is 0 Å². The van der Waals surface area contributed by atoms with E-state index in [-0.39, 0.29) is 5.91 Å². The number of methoxy groups -OCH3 is 1. The smallest absolute Gasteiger partial charge is 0.270 e. The van der Waals surface area contributed by atoms with Crippen LogP contribution in [0.4, 0.5) is 5.69 Å². The van der Waals surface area contributed by atoms with Crippen molar-refractivity contribution in [1.29, 1.82) is 0 Å². The fraction of sp³-hybridized carbons (Fsp3) is 0.200. The van der Waals surface area contributed by atoms with Crippen molar-refractivity contribution in [2.45, 2.75) is 20.8 Å². The number of nitrogens with zero attached hydrogens (tertiary/aromatic N) is 1. The third kappa shape index (κ3) is 3.48. The van der Waals surface area contributed by atoms with Crippen molar-refractivity contribution in [3.8, 4) is 5.75 Å². The summed E-state index contributed by atoms with van der Waals surface area (Å²) in [6.45, 7) is 6.02. The standard InChI is InChI=1S/C20H19NO2S2/c1-12-5-8-16(14(3)9-12)21-19(22)18(25-20(21)24)11-15-7-6-13(2)17(10-15)23-4/h5-11H,1-4H3/b18-11-. The number of thioether (sulfide) groups is 1. The van der Waals surface area contributed by atoms with Crippen LogP contribution in [0.25, 0.3) is 6.08 Å². The Morgan fingerprint density at radius 2 is 1.84 bits per heavy atom. The maximum Gasteiger partial charge on any atom is 0.270 e. The van der Waals surface area contributed by atoms with Crippen molar-refractivity contribution >= 4 is 46.0 Å². The normalized spacial score (nSPS) is 16.0. The lowest BCUT2D eigenvalue weighted by Gasteiger charge is -2.17. The molecule has 0 aliphatic carbocycles. The molecule has 0 radical (unpaired) electrons. The first kappa shape index (κ1) is 17.7. The third-order valence-electron chi connectivity index (χ3n) is 4.12. The number of anilines is 1. The van der Waals surface area contributed by atoms with Crippen LogP contribution < -0.4 is 9.64 Å². The molecule has 5 heteroatoms. The predicted molar refractivity (Wildman–Crippen MR) is 109 cm³/mol. The van der Waals surface area contributed by atoms with Crippen molar-refractivity contribution in [3.63, 3.8) is 0 Å². The molecule has 0 atom stereocenters. The van der Waals surface area contributed by atoms with Crippen LogP contribution in [0.1, 0.15) is 22.3 Å². The number of aryl methyl sites for hydroxylation is 3. The number of carbonyl (C=O) groups is 1. The first-order chi connectivity index (χ1) is 11.9. The molecule has 1 heterocycles. The number of ether oxygens (including phenoxy) is 1. The molecule has 1 aliphatic heterocycles. The summed E-state index contributed by atoms with van der Waals surface area (Å²) >= 11 is 6.79. The minimum Gasteiger partial charge on any atom is -0.496 e. The molecule has 0 saturated carbocycles. The van der Waals surface area contributed by atoms with Crippen LogP contribution in [0.2, 0.25) is 0 Å². The molecule has 0 spiro atoms. The maximum atomic E-state index is 12.9. The van der Waals surface area contributed by atoms with E-state index in [2.05, 4.69) is 6.07 Å². The second-order valence-corrected chi connectivity index (χ2v) is 7.71. The molecule has 0 aromatic heterocycles. The van der Waals surface area contributed by atoms with Crippen molar-refractivity contribution < 1.29 is 9.53 Å². The fourth-order valence-electron chi connectivity index (χ4n) is 2.81. The van der Waals surface area contributed by atoms with Crippen LogP contribution in [0.5, 0.6) is 5.75 Å². The summed E-state index contributed by atoms with van der Waals surface area (Å²) in [6, 6.07) is 11.9. The van der Waals surface area contributed by atoms with Crippen molar-refractivity contribution in [3.05, 3.63) is 63.6 Å². The molecule has 1 amide bonds. The van der Waals surface area contributed by atoms with E-state index in [1.54, 1.807) is 12.0 Å². The number of hydrogen-bond donors (Lipinski definition) is 0. The topological polar surface area (TPSA) is 29.5 Å². The summed E-state index contributed by atoms with van der Waals surface area (Å²) in [7, 11) is 1.64. The number of carbonyl (C=O) groups excluding carboxylic acids is 1. The van der Waals surface area contributed by atoms with E-state index in [0.717, 1.165) is 33.7 Å². The van der Waals surface area contributed by atoms with Crippen LogP contribution >= 0.6 is 24.0 Å². The zero-order chi connectivity index (χ0) is 18.1. The van der Waals surface area contributed by atoms with Gasteiger partial charge in [-0.1, -0.05) is 53.8 Å². The highest BCUT2D eigenvalue weighted by Gasteiger charge is 2.34. The Kier molecular flexibility index (Phi) is 4.97. The Morgan fingerprint density at radius 1 is 1.08 bits per heavy atom. The first-order valence-corrected chi connectivity index (χ1v) is 9.13. The van der Waals surface area contributed by atoms with E-state index in [1.165, 1.54) is 11.8 Å². The minimum absolute atomic E-state index is 0.0819. The molecule has 128 valence electrons. The third-order valence-corrected chi connectivity index (χ3v) is 5.42. The molecule has 1 fully saturated rings. The summed E-state index contributed by atoms with van der Waals surface area (Å²) in [5.41, 5.74) is 5.02. The average molecular weight is 370 g/mol. The summed E-state index contributed by atoms with van der Waals surface area (Å²) in [6.07, 6.45) is 1.87. The highest BCUT2D eigenvalue weighted by Crippen LogP contribution is 2.37. The second kappa shape index (κ2) is 7.02. The van der Waals surface area contributed by atoms with E-state index >= 15 is 0 Å². The van der Waals surface area contributed by atoms with Gasteiger partial charge in [-0.15, -0.1) is 0 Å². The Bertz CT molecular complexity index is 903. The Labute approximate surface area is 157 Å². The van der Waals surface area contributed by atoms with Gasteiger partial charge in [0.05, 0.1) is 17.7 Å². The quantitative estimate of drug-likeness (QED) is 0.561. The minimum atomic E-state index is -0.0819. The van der Waals surface area contributed by atoms with Gasteiger partial charge < -0.3 is 4.74 Å². The summed E-state index contributed by atoms with van der Waals surface area (Å²) in [5.74, 6) is 0.722. The lowest BCUT2D eigenvalue weighted by Crippen LogP contribution is -2.28. The van der Waals surface area contributed by atoms with Gasteiger partial charge in [0, 0.05) is 0 Å². The predicted octanol–water partition coefficient (Wildman–Crippen LogP) is 5.03. The molecule has 1 saturated heterocycles. The monoisotopic (exact) mass is 369 g/mol. The van der Waals surface area contributed by atoms with Gasteiger partial charge in [0.25, 0.3) is 5.91 Å². The van der Waals surface area contributed by atoms with Crippen molar-refractivity contribution in [1.82, 2.24) is 0 Å². The molecule has 0 unspecified atom stereocenters. The van der Waals surface area contributed by atoms with E-state index in [1.807, 2.05) is 57.2 Å². The van der Waals surface area contributed by atoms with Crippen molar-refractivity contribution in [2.24, 2.45) is 0 Å². The molecular formula is C20H19NO2S2. The van der Waals surface area contributed by atoms with Gasteiger partial charge in [-0.05, 0) is 55.7 Å². The van der Waals surface area contributed by atoms with Gasteiger partial charge in [-0.25, -0.2) is 0 Å². The number of hydrogen-bond acceptors (Lipinski definition) is 4. The Hall–Kier alpha value is -2.11. The number of benzene rings is 2. The molecule has 0 N–H and O–H groups in total. The summed E-state index contributed by atoms with van der Waals surface area (Å²) in [5, 5.41) is 0. The van der Waals surface area contributed by atoms with Gasteiger partial charge in [-0.3, -0.25) is 9.69 Å². The van der Waals surface area contributed by atoms with E-state index < -0.39 is 0 Å². The lowest BCUT2D eigenvalue weighted by molar-refractivity contribution is -0.113. The molecule has 1 aliphatic rings. The lowest BCUT2D eigenvalue weighted by atomic mass is 10.1. The Balaban J connectivity index is 1.96. The Morgan fingerprint density at radius 3 is 2.52 bits per heavy atom. The number of thiocarbonyl (C=S) groups is 1. The summed E-state index contributed by atoms with van der Waals surface area (Å²) < 4.78 is 5.92. The zero-order valence-electron chi connectivity index (χ0n) is 14.6. The molecule has 0 bridgehead atoms. The van der Waals surface area contributed by atoms with Gasteiger partial charge in [0.15, 0.2) is 4.32 Å². The second-order valence-electron chi connectivity index (χ2n) is 6.04. The highest BCUT2D eigenvalue weighted by molar-refractivity contribution is 8.27. The first-order valence-electron chi connectivity index (χ1n) is 7.90. The van der Waals surface area contributed by atoms with E-state index in [4.69, 9.17) is 17.0 Å².